The number of alkyl halides is 3. The molecule has 1 saturated carbocycles. The van der Waals surface area contributed by atoms with E-state index >= 15 is 0 Å². The largest absolute Gasteiger partial charge is 0.446 e. The average Bonchev–Trinajstić information content (AvgIpc) is 3.19. The molecular weight excluding hydrogens is 305 g/mol. The minimum absolute atomic E-state index is 0.00512. The molecule has 8 heteroatoms. The van der Waals surface area contributed by atoms with Crippen LogP contribution in [0.3, 0.4) is 0 Å². The Morgan fingerprint density at radius 2 is 1.81 bits per heavy atom. The first-order chi connectivity index (χ1) is 9.83. The number of carbonyl (C=O) groups excluding carboxylic acids is 2. The van der Waals surface area contributed by atoms with Gasteiger partial charge in [-0.2, -0.15) is 13.2 Å². The highest BCUT2D eigenvalue weighted by atomic mass is 32.2. The SMILES string of the molecule is O=C(CNC(=O)c1ccc(SC(F)(F)F)cc1)NC1CC1. The minimum Gasteiger partial charge on any atom is -0.352 e. The Morgan fingerprint density at radius 3 is 2.33 bits per heavy atom. The standard InChI is InChI=1S/C13H13F3N2O2S/c14-13(15,16)21-10-5-1-8(2-6-10)12(20)17-7-11(19)18-9-3-4-9/h1-2,5-6,9H,3-4,7H2,(H,17,20)(H,18,19). The number of benzene rings is 1. The number of thioether (sulfide) groups is 1. The topological polar surface area (TPSA) is 58.2 Å². The number of hydrogen-bond donors (Lipinski definition) is 2. The van der Waals surface area contributed by atoms with E-state index in [0.29, 0.717) is 0 Å². The van der Waals surface area contributed by atoms with Gasteiger partial charge in [-0.05, 0) is 48.9 Å². The summed E-state index contributed by atoms with van der Waals surface area (Å²) in [5.74, 6) is -0.764. The first-order valence-electron chi connectivity index (χ1n) is 6.27. The van der Waals surface area contributed by atoms with Crippen LogP contribution in [0.5, 0.6) is 0 Å². The maximum absolute atomic E-state index is 12.2. The highest BCUT2D eigenvalue weighted by Gasteiger charge is 2.29. The Morgan fingerprint density at radius 1 is 1.19 bits per heavy atom. The van der Waals surface area contributed by atoms with Crippen molar-refractivity contribution in [2.45, 2.75) is 29.3 Å². The van der Waals surface area contributed by atoms with Crippen LogP contribution in [0.4, 0.5) is 13.2 Å². The number of nitrogens with one attached hydrogen (secondary N) is 2. The van der Waals surface area contributed by atoms with Gasteiger partial charge in [0, 0.05) is 16.5 Å². The van der Waals surface area contributed by atoms with Crippen molar-refractivity contribution in [1.82, 2.24) is 10.6 Å². The van der Waals surface area contributed by atoms with E-state index in [1.165, 1.54) is 24.3 Å². The summed E-state index contributed by atoms with van der Waals surface area (Å²) >= 11 is -0.243. The molecule has 1 fully saturated rings. The van der Waals surface area contributed by atoms with E-state index in [-0.39, 0.29) is 40.7 Å². The summed E-state index contributed by atoms with van der Waals surface area (Å²) in [7, 11) is 0. The molecule has 4 nitrogen and oxygen atoms in total. The smallest absolute Gasteiger partial charge is 0.352 e. The van der Waals surface area contributed by atoms with Gasteiger partial charge in [0.25, 0.3) is 5.91 Å². The third-order valence-corrected chi connectivity index (χ3v) is 3.44. The molecule has 2 N–H and O–H groups in total. The van der Waals surface area contributed by atoms with Crippen molar-refractivity contribution in [2.75, 3.05) is 6.54 Å². The molecule has 1 aromatic carbocycles. The lowest BCUT2D eigenvalue weighted by Crippen LogP contribution is -2.37. The van der Waals surface area contributed by atoms with Gasteiger partial charge in [0.1, 0.15) is 0 Å². The zero-order chi connectivity index (χ0) is 15.5. The maximum Gasteiger partial charge on any atom is 0.446 e. The summed E-state index contributed by atoms with van der Waals surface area (Å²) < 4.78 is 36.5. The second kappa shape index (κ2) is 6.38. The van der Waals surface area contributed by atoms with Gasteiger partial charge in [-0.1, -0.05) is 0 Å². The molecule has 2 amide bonds. The van der Waals surface area contributed by atoms with Gasteiger partial charge in [-0.3, -0.25) is 9.59 Å². The first kappa shape index (κ1) is 15.7. The van der Waals surface area contributed by atoms with Gasteiger partial charge in [-0.25, -0.2) is 0 Å². The van der Waals surface area contributed by atoms with Crippen molar-refractivity contribution < 1.29 is 22.8 Å². The zero-order valence-electron chi connectivity index (χ0n) is 10.9. The monoisotopic (exact) mass is 318 g/mol. The highest BCUT2D eigenvalue weighted by Crippen LogP contribution is 2.36. The van der Waals surface area contributed by atoms with Crippen molar-refractivity contribution >= 4 is 23.6 Å². The van der Waals surface area contributed by atoms with E-state index in [1.807, 2.05) is 0 Å². The molecule has 0 unspecified atom stereocenters. The van der Waals surface area contributed by atoms with Crippen LogP contribution >= 0.6 is 11.8 Å². The summed E-state index contributed by atoms with van der Waals surface area (Å²) in [6, 6.07) is 5.24. The van der Waals surface area contributed by atoms with Gasteiger partial charge < -0.3 is 10.6 Å². The Hall–Kier alpha value is -1.70. The Bertz CT molecular complexity index is 527. The van der Waals surface area contributed by atoms with Crippen LogP contribution in [0.2, 0.25) is 0 Å². The number of carbonyl (C=O) groups is 2. The molecule has 0 bridgehead atoms. The number of rotatable bonds is 5. The van der Waals surface area contributed by atoms with Crippen molar-refractivity contribution in [2.24, 2.45) is 0 Å². The molecule has 0 atom stereocenters. The van der Waals surface area contributed by atoms with Crippen molar-refractivity contribution in [3.8, 4) is 0 Å². The van der Waals surface area contributed by atoms with Crippen LogP contribution in [0.25, 0.3) is 0 Å². The molecule has 2 rings (SSSR count). The third-order valence-electron chi connectivity index (χ3n) is 2.70. The number of halogens is 3. The molecule has 0 aromatic heterocycles. The van der Waals surface area contributed by atoms with E-state index in [1.54, 1.807) is 0 Å². The predicted molar refractivity (Wildman–Crippen MR) is 71.9 cm³/mol. The molecule has 1 aliphatic rings. The highest BCUT2D eigenvalue weighted by molar-refractivity contribution is 8.00. The lowest BCUT2D eigenvalue weighted by atomic mass is 10.2. The van der Waals surface area contributed by atoms with E-state index in [2.05, 4.69) is 10.6 Å². The Balaban J connectivity index is 1.82. The van der Waals surface area contributed by atoms with Crippen molar-refractivity contribution in [3.05, 3.63) is 29.8 Å². The molecule has 0 aliphatic heterocycles. The lowest BCUT2D eigenvalue weighted by Gasteiger charge is -2.08. The molecule has 114 valence electrons. The van der Waals surface area contributed by atoms with Crippen molar-refractivity contribution in [3.63, 3.8) is 0 Å². The molecule has 0 radical (unpaired) electrons. The van der Waals surface area contributed by atoms with Crippen LogP contribution in [0.1, 0.15) is 23.2 Å². The fourth-order valence-electron chi connectivity index (χ4n) is 1.58. The molecule has 0 saturated heterocycles. The summed E-state index contributed by atoms with van der Waals surface area (Å²) in [4.78, 5) is 23.1. The molecule has 1 aromatic rings. The zero-order valence-corrected chi connectivity index (χ0v) is 11.7. The Kier molecular flexibility index (Phi) is 4.76. The number of hydrogen-bond acceptors (Lipinski definition) is 3. The lowest BCUT2D eigenvalue weighted by molar-refractivity contribution is -0.120. The van der Waals surface area contributed by atoms with Crippen LogP contribution in [0.15, 0.2) is 29.2 Å². The predicted octanol–water partition coefficient (Wildman–Crippen LogP) is 2.31. The van der Waals surface area contributed by atoms with E-state index in [4.69, 9.17) is 0 Å². The van der Waals surface area contributed by atoms with Gasteiger partial charge in [0.2, 0.25) is 5.91 Å². The minimum atomic E-state index is -4.36. The van der Waals surface area contributed by atoms with Gasteiger partial charge >= 0.3 is 5.51 Å². The summed E-state index contributed by atoms with van der Waals surface area (Å²) in [5, 5.41) is 5.13. The van der Waals surface area contributed by atoms with Gasteiger partial charge in [0.15, 0.2) is 0 Å². The van der Waals surface area contributed by atoms with E-state index < -0.39 is 11.4 Å². The quantitative estimate of drug-likeness (QED) is 0.819. The number of amides is 2. The van der Waals surface area contributed by atoms with Crippen LogP contribution in [0, 0.1) is 0 Å². The van der Waals surface area contributed by atoms with Gasteiger partial charge in [-0.15, -0.1) is 0 Å². The second-order valence-electron chi connectivity index (χ2n) is 4.60. The first-order valence-corrected chi connectivity index (χ1v) is 7.08. The molecule has 0 spiro atoms. The molecule has 0 heterocycles. The van der Waals surface area contributed by atoms with Crippen LogP contribution in [-0.4, -0.2) is 29.9 Å². The maximum atomic E-state index is 12.2. The summed E-state index contributed by atoms with van der Waals surface area (Å²) in [6.07, 6.45) is 1.91. The fourth-order valence-corrected chi connectivity index (χ4v) is 2.12. The molecule has 21 heavy (non-hydrogen) atoms. The molecular formula is C13H13F3N2O2S. The molecule has 1 aliphatic carbocycles. The summed E-state index contributed by atoms with van der Waals surface area (Å²) in [5.41, 5.74) is -4.15. The normalized spacial score (nSPS) is 14.6. The van der Waals surface area contributed by atoms with E-state index in [0.717, 1.165) is 12.8 Å². The van der Waals surface area contributed by atoms with Crippen LogP contribution in [-0.2, 0) is 4.79 Å². The van der Waals surface area contributed by atoms with Gasteiger partial charge in [0.05, 0.1) is 6.54 Å². The van der Waals surface area contributed by atoms with Crippen molar-refractivity contribution in [1.29, 1.82) is 0 Å². The fraction of sp³-hybridized carbons (Fsp3) is 0.385. The average molecular weight is 318 g/mol. The third kappa shape index (κ3) is 5.66. The van der Waals surface area contributed by atoms with Crippen LogP contribution < -0.4 is 10.6 Å². The second-order valence-corrected chi connectivity index (χ2v) is 5.74. The Labute approximate surface area is 123 Å². The summed E-state index contributed by atoms with van der Waals surface area (Å²) in [6.45, 7) is -0.144. The van der Waals surface area contributed by atoms with E-state index in [9.17, 15) is 22.8 Å².